The van der Waals surface area contributed by atoms with Crippen molar-refractivity contribution in [2.75, 3.05) is 12.3 Å². The molecule has 0 aliphatic carbocycles. The number of nitrogens with zero attached hydrogens (tertiary/aromatic N) is 1. The number of nitrogen functional groups attached to an aromatic ring is 1. The van der Waals surface area contributed by atoms with Crippen molar-refractivity contribution < 1.29 is 13.2 Å². The molecule has 0 heterocycles. The van der Waals surface area contributed by atoms with E-state index in [1.54, 1.807) is 12.1 Å². The SMILES string of the molecule is CCOc1ccccc1/C=N/NS(=O)(=O)c1ccc(N)cc1. The van der Waals surface area contributed by atoms with Crippen LogP contribution in [0.4, 0.5) is 5.69 Å². The fourth-order valence-corrected chi connectivity index (χ4v) is 2.53. The molecule has 3 N–H and O–H groups in total. The van der Waals surface area contributed by atoms with Gasteiger partial charge in [0.15, 0.2) is 0 Å². The second kappa shape index (κ2) is 6.95. The molecule has 0 aromatic heterocycles. The van der Waals surface area contributed by atoms with Crippen LogP contribution in [0.2, 0.25) is 0 Å². The summed E-state index contributed by atoms with van der Waals surface area (Å²) >= 11 is 0. The maximum absolute atomic E-state index is 12.0. The average molecular weight is 319 g/mol. The Labute approximate surface area is 129 Å². The maximum atomic E-state index is 12.0. The molecule has 0 unspecified atom stereocenters. The van der Waals surface area contributed by atoms with Crippen LogP contribution in [0.15, 0.2) is 58.5 Å². The highest BCUT2D eigenvalue weighted by molar-refractivity contribution is 7.89. The van der Waals surface area contributed by atoms with Crippen LogP contribution in [0.25, 0.3) is 0 Å². The molecule has 0 bridgehead atoms. The quantitative estimate of drug-likeness (QED) is 0.483. The van der Waals surface area contributed by atoms with Gasteiger partial charge in [-0.05, 0) is 43.3 Å². The van der Waals surface area contributed by atoms with E-state index < -0.39 is 10.0 Å². The van der Waals surface area contributed by atoms with Gasteiger partial charge in [-0.15, -0.1) is 0 Å². The van der Waals surface area contributed by atoms with E-state index in [2.05, 4.69) is 9.93 Å². The first kappa shape index (κ1) is 15.8. The van der Waals surface area contributed by atoms with Crippen molar-refractivity contribution in [2.45, 2.75) is 11.8 Å². The van der Waals surface area contributed by atoms with Crippen molar-refractivity contribution in [3.8, 4) is 5.75 Å². The molecule has 0 atom stereocenters. The lowest BCUT2D eigenvalue weighted by Crippen LogP contribution is -2.18. The van der Waals surface area contributed by atoms with Crippen LogP contribution in [0, 0.1) is 0 Å². The van der Waals surface area contributed by atoms with E-state index in [-0.39, 0.29) is 4.90 Å². The lowest BCUT2D eigenvalue weighted by Gasteiger charge is -2.06. The zero-order valence-electron chi connectivity index (χ0n) is 12.1. The number of nitrogens with two attached hydrogens (primary N) is 1. The van der Waals surface area contributed by atoms with E-state index in [1.807, 2.05) is 19.1 Å². The molecule has 22 heavy (non-hydrogen) atoms. The number of rotatable bonds is 6. The molecule has 0 aliphatic rings. The van der Waals surface area contributed by atoms with Gasteiger partial charge in [-0.1, -0.05) is 12.1 Å². The summed E-state index contributed by atoms with van der Waals surface area (Å²) in [5, 5.41) is 3.78. The molecule has 0 radical (unpaired) electrons. The monoisotopic (exact) mass is 319 g/mol. The van der Waals surface area contributed by atoms with E-state index in [0.29, 0.717) is 23.6 Å². The molecule has 116 valence electrons. The highest BCUT2D eigenvalue weighted by Crippen LogP contribution is 2.16. The van der Waals surface area contributed by atoms with Gasteiger partial charge in [0.25, 0.3) is 10.0 Å². The number of benzene rings is 2. The standard InChI is InChI=1S/C15H17N3O3S/c1-2-21-15-6-4-3-5-12(15)11-17-18-22(19,20)14-9-7-13(16)8-10-14/h3-11,18H,2,16H2,1H3/b17-11+. The van der Waals surface area contributed by atoms with E-state index in [9.17, 15) is 8.42 Å². The molecular weight excluding hydrogens is 302 g/mol. The lowest BCUT2D eigenvalue weighted by molar-refractivity contribution is 0.340. The van der Waals surface area contributed by atoms with Crippen LogP contribution in [0.5, 0.6) is 5.75 Å². The number of hydrazone groups is 1. The molecule has 0 spiro atoms. The third-order valence-electron chi connectivity index (χ3n) is 2.79. The summed E-state index contributed by atoms with van der Waals surface area (Å²) in [7, 11) is -3.72. The Kier molecular flexibility index (Phi) is 5.00. The molecule has 6 nitrogen and oxygen atoms in total. The van der Waals surface area contributed by atoms with Gasteiger partial charge in [-0.3, -0.25) is 0 Å². The first-order valence-electron chi connectivity index (χ1n) is 6.65. The predicted molar refractivity (Wildman–Crippen MR) is 86.4 cm³/mol. The minimum Gasteiger partial charge on any atom is -0.493 e. The Hall–Kier alpha value is -2.54. The van der Waals surface area contributed by atoms with Gasteiger partial charge in [0.1, 0.15) is 5.75 Å². The van der Waals surface area contributed by atoms with Crippen molar-refractivity contribution in [3.05, 3.63) is 54.1 Å². The van der Waals surface area contributed by atoms with Crippen LogP contribution < -0.4 is 15.3 Å². The van der Waals surface area contributed by atoms with E-state index >= 15 is 0 Å². The number of hydrogen-bond donors (Lipinski definition) is 2. The topological polar surface area (TPSA) is 93.8 Å². The third-order valence-corrected chi connectivity index (χ3v) is 4.02. The number of sulfonamides is 1. The lowest BCUT2D eigenvalue weighted by atomic mass is 10.2. The minimum absolute atomic E-state index is 0.0944. The number of hydrogen-bond acceptors (Lipinski definition) is 5. The van der Waals surface area contributed by atoms with Gasteiger partial charge in [-0.25, -0.2) is 4.83 Å². The summed E-state index contributed by atoms with van der Waals surface area (Å²) in [6, 6.07) is 13.1. The summed E-state index contributed by atoms with van der Waals surface area (Å²) in [6.07, 6.45) is 1.40. The van der Waals surface area contributed by atoms with E-state index in [1.165, 1.54) is 30.5 Å². The maximum Gasteiger partial charge on any atom is 0.276 e. The van der Waals surface area contributed by atoms with Crippen molar-refractivity contribution in [3.63, 3.8) is 0 Å². The molecular formula is C15H17N3O3S. The van der Waals surface area contributed by atoms with E-state index in [4.69, 9.17) is 10.5 Å². The van der Waals surface area contributed by atoms with Gasteiger partial charge >= 0.3 is 0 Å². The van der Waals surface area contributed by atoms with E-state index in [0.717, 1.165) is 0 Å². The normalized spacial score (nSPS) is 11.5. The van der Waals surface area contributed by atoms with Crippen LogP contribution in [-0.4, -0.2) is 21.2 Å². The van der Waals surface area contributed by atoms with Gasteiger partial charge in [0.05, 0.1) is 17.7 Å². The number of anilines is 1. The van der Waals surface area contributed by atoms with Crippen molar-refractivity contribution in [1.82, 2.24) is 4.83 Å². The second-order valence-electron chi connectivity index (χ2n) is 4.39. The molecule has 0 fully saturated rings. The minimum atomic E-state index is -3.72. The molecule has 0 saturated carbocycles. The fourth-order valence-electron chi connectivity index (χ4n) is 1.74. The van der Waals surface area contributed by atoms with Gasteiger partial charge in [0.2, 0.25) is 0 Å². The summed E-state index contributed by atoms with van der Waals surface area (Å²) in [5.41, 5.74) is 6.71. The molecule has 7 heteroatoms. The van der Waals surface area contributed by atoms with Gasteiger partial charge in [-0.2, -0.15) is 13.5 Å². The summed E-state index contributed by atoms with van der Waals surface area (Å²) in [6.45, 7) is 2.39. The Bertz CT molecular complexity index is 756. The van der Waals surface area contributed by atoms with Crippen LogP contribution in [-0.2, 0) is 10.0 Å². The largest absolute Gasteiger partial charge is 0.493 e. The molecule has 0 amide bonds. The first-order chi connectivity index (χ1) is 10.5. The highest BCUT2D eigenvalue weighted by atomic mass is 32.2. The zero-order chi connectivity index (χ0) is 16.0. The Morgan fingerprint density at radius 2 is 1.86 bits per heavy atom. The number of nitrogens with one attached hydrogen (secondary N) is 1. The average Bonchev–Trinajstić information content (AvgIpc) is 2.49. The third kappa shape index (κ3) is 3.98. The van der Waals surface area contributed by atoms with Crippen LogP contribution in [0.3, 0.4) is 0 Å². The zero-order valence-corrected chi connectivity index (χ0v) is 12.9. The molecule has 2 aromatic carbocycles. The number of para-hydroxylation sites is 1. The van der Waals surface area contributed by atoms with Crippen molar-refractivity contribution in [1.29, 1.82) is 0 Å². The Morgan fingerprint density at radius 3 is 2.55 bits per heavy atom. The summed E-state index contributed by atoms with van der Waals surface area (Å²) in [4.78, 5) is 2.25. The van der Waals surface area contributed by atoms with Gasteiger partial charge < -0.3 is 10.5 Å². The molecule has 0 saturated heterocycles. The second-order valence-corrected chi connectivity index (χ2v) is 6.05. The highest BCUT2D eigenvalue weighted by Gasteiger charge is 2.12. The Morgan fingerprint density at radius 1 is 1.18 bits per heavy atom. The van der Waals surface area contributed by atoms with Gasteiger partial charge in [0, 0.05) is 11.3 Å². The van der Waals surface area contributed by atoms with Crippen molar-refractivity contribution in [2.24, 2.45) is 5.10 Å². The summed E-state index contributed by atoms with van der Waals surface area (Å²) < 4.78 is 29.5. The molecule has 2 aromatic rings. The fraction of sp³-hybridized carbons (Fsp3) is 0.133. The smallest absolute Gasteiger partial charge is 0.276 e. The Balaban J connectivity index is 2.13. The van der Waals surface area contributed by atoms with Crippen LogP contribution >= 0.6 is 0 Å². The summed E-state index contributed by atoms with van der Waals surface area (Å²) in [5.74, 6) is 0.639. The first-order valence-corrected chi connectivity index (χ1v) is 8.13. The molecule has 2 rings (SSSR count). The molecule has 0 aliphatic heterocycles. The number of ether oxygens (including phenoxy) is 1. The van der Waals surface area contributed by atoms with Crippen LogP contribution in [0.1, 0.15) is 12.5 Å². The predicted octanol–water partition coefficient (Wildman–Crippen LogP) is 1.98. The van der Waals surface area contributed by atoms with Crippen molar-refractivity contribution >= 4 is 21.9 Å².